The third kappa shape index (κ3) is 7.79. The topological polar surface area (TPSA) is 85.4 Å². The maximum absolute atomic E-state index is 12.9. The molecule has 2 N–H and O–H groups in total. The fourth-order valence-corrected chi connectivity index (χ4v) is 3.10. The Morgan fingerprint density at radius 3 is 2.68 bits per heavy atom. The molecule has 2 amide bonds. The Morgan fingerprint density at radius 1 is 1.29 bits per heavy atom. The van der Waals surface area contributed by atoms with Crippen LogP contribution in [-0.2, 0) is 16.1 Å². The minimum atomic E-state index is -0.891. The lowest BCUT2D eigenvalue weighted by atomic mass is 10.2. The van der Waals surface area contributed by atoms with E-state index in [0.717, 1.165) is 5.56 Å². The molecule has 1 aliphatic rings. The number of ether oxygens (including phenoxy) is 1. The van der Waals surface area contributed by atoms with E-state index in [1.54, 1.807) is 29.0 Å². The van der Waals surface area contributed by atoms with E-state index in [1.807, 2.05) is 7.05 Å². The van der Waals surface area contributed by atoms with Crippen LogP contribution in [0.1, 0.15) is 5.56 Å². The molecule has 0 radical (unpaired) electrons. The van der Waals surface area contributed by atoms with Gasteiger partial charge in [-0.1, -0.05) is 12.1 Å². The number of benzene rings is 1. The molecule has 0 bridgehead atoms. The van der Waals surface area contributed by atoms with E-state index in [4.69, 9.17) is 9.84 Å². The van der Waals surface area contributed by atoms with Crippen molar-refractivity contribution in [2.24, 2.45) is 0 Å². The second-order valence-electron chi connectivity index (χ2n) is 7.13. The van der Waals surface area contributed by atoms with E-state index < -0.39 is 5.97 Å². The first-order valence-electron chi connectivity index (χ1n) is 9.31. The van der Waals surface area contributed by atoms with Gasteiger partial charge in [-0.15, -0.1) is 0 Å². The average Bonchev–Trinajstić information content (AvgIpc) is 2.63. The summed E-state index contributed by atoms with van der Waals surface area (Å²) in [5, 5.41) is 11.7. The molecule has 156 valence electrons. The van der Waals surface area contributed by atoms with Gasteiger partial charge in [0.05, 0.1) is 19.3 Å². The highest BCUT2D eigenvalue weighted by molar-refractivity contribution is 5.74. The van der Waals surface area contributed by atoms with Crippen LogP contribution in [0.2, 0.25) is 0 Å². The first kappa shape index (κ1) is 22.1. The molecule has 1 aromatic rings. The third-order valence-electron chi connectivity index (χ3n) is 4.48. The predicted octanol–water partition coefficient (Wildman–Crippen LogP) is 0.684. The number of carbonyl (C=O) groups excluding carboxylic acids is 1. The van der Waals surface area contributed by atoms with Crippen LogP contribution in [0.3, 0.4) is 0 Å². The van der Waals surface area contributed by atoms with E-state index >= 15 is 0 Å². The van der Waals surface area contributed by atoms with Crippen LogP contribution >= 0.6 is 0 Å². The predicted molar refractivity (Wildman–Crippen MR) is 103 cm³/mol. The normalized spacial score (nSPS) is 17.2. The van der Waals surface area contributed by atoms with Crippen molar-refractivity contribution in [2.75, 3.05) is 60.0 Å². The van der Waals surface area contributed by atoms with Crippen LogP contribution in [-0.4, -0.2) is 97.9 Å². The van der Waals surface area contributed by atoms with E-state index in [0.29, 0.717) is 45.9 Å². The molecule has 28 heavy (non-hydrogen) atoms. The molecule has 1 fully saturated rings. The molecule has 1 aromatic carbocycles. The number of likely N-dealkylation sites (N-methyl/N-ethyl adjacent to an activating group) is 2. The van der Waals surface area contributed by atoms with E-state index in [2.05, 4.69) is 10.2 Å². The zero-order valence-electron chi connectivity index (χ0n) is 16.4. The van der Waals surface area contributed by atoms with Gasteiger partial charge in [0.2, 0.25) is 0 Å². The van der Waals surface area contributed by atoms with Crippen LogP contribution < -0.4 is 5.32 Å². The molecule has 9 heteroatoms. The molecule has 1 aliphatic heterocycles. The van der Waals surface area contributed by atoms with Gasteiger partial charge in [0.25, 0.3) is 0 Å². The molecule has 8 nitrogen and oxygen atoms in total. The summed E-state index contributed by atoms with van der Waals surface area (Å²) in [7, 11) is 3.66. The molecular weight excluding hydrogens is 367 g/mol. The van der Waals surface area contributed by atoms with Crippen LogP contribution in [0.15, 0.2) is 24.3 Å². The largest absolute Gasteiger partial charge is 0.480 e. The van der Waals surface area contributed by atoms with Crippen molar-refractivity contribution >= 4 is 12.0 Å². The summed E-state index contributed by atoms with van der Waals surface area (Å²) in [6, 6.07) is 6.23. The fourth-order valence-electron chi connectivity index (χ4n) is 3.10. The number of carbonyl (C=O) groups is 2. The zero-order valence-corrected chi connectivity index (χ0v) is 16.4. The van der Waals surface area contributed by atoms with Crippen molar-refractivity contribution in [3.05, 3.63) is 35.6 Å². The molecule has 2 rings (SSSR count). The number of halogens is 1. The van der Waals surface area contributed by atoms with Gasteiger partial charge in [-0.25, -0.2) is 9.18 Å². The van der Waals surface area contributed by atoms with Crippen LogP contribution in [0, 0.1) is 5.82 Å². The number of urea groups is 1. The Balaban J connectivity index is 1.68. The zero-order chi connectivity index (χ0) is 20.5. The number of aliphatic carboxylic acids is 1. The standard InChI is InChI=1S/C19H29FN4O4/c1-22(11-15-3-5-16(20)6-4-15)8-7-21-19(27)24-9-10-28-17(13-24)12-23(2)14-18(25)26/h3-6,17H,7-14H2,1-2H3,(H,21,27)(H,25,26). The maximum Gasteiger partial charge on any atom is 0.317 e. The van der Waals surface area contributed by atoms with E-state index in [9.17, 15) is 14.0 Å². The Labute approximate surface area is 164 Å². The number of hydrogen-bond donors (Lipinski definition) is 2. The van der Waals surface area contributed by atoms with Crippen molar-refractivity contribution in [3.8, 4) is 0 Å². The summed E-state index contributed by atoms with van der Waals surface area (Å²) in [4.78, 5) is 28.5. The molecule has 0 spiro atoms. The van der Waals surface area contributed by atoms with Crippen molar-refractivity contribution in [2.45, 2.75) is 12.6 Å². The van der Waals surface area contributed by atoms with Gasteiger partial charge < -0.3 is 25.0 Å². The molecule has 0 aliphatic carbocycles. The summed E-state index contributed by atoms with van der Waals surface area (Å²) in [6.07, 6.45) is -0.204. The lowest BCUT2D eigenvalue weighted by Gasteiger charge is -2.34. The number of hydrogen-bond acceptors (Lipinski definition) is 5. The SMILES string of the molecule is CN(CCNC(=O)N1CCOC(CN(C)CC(=O)O)C1)Cc1ccc(F)cc1. The summed E-state index contributed by atoms with van der Waals surface area (Å²) < 4.78 is 18.6. The highest BCUT2D eigenvalue weighted by Gasteiger charge is 2.25. The molecule has 1 unspecified atom stereocenters. The quantitative estimate of drug-likeness (QED) is 0.639. The highest BCUT2D eigenvalue weighted by Crippen LogP contribution is 2.07. The number of rotatable bonds is 9. The highest BCUT2D eigenvalue weighted by atomic mass is 19.1. The van der Waals surface area contributed by atoms with Gasteiger partial charge >= 0.3 is 12.0 Å². The Morgan fingerprint density at radius 2 is 2.00 bits per heavy atom. The number of amides is 2. The number of carboxylic acid groups (broad SMARTS) is 1. The van der Waals surface area contributed by atoms with Crippen molar-refractivity contribution in [3.63, 3.8) is 0 Å². The molecule has 1 saturated heterocycles. The lowest BCUT2D eigenvalue weighted by molar-refractivity contribution is -0.138. The summed E-state index contributed by atoms with van der Waals surface area (Å²) in [5.41, 5.74) is 1.01. The monoisotopic (exact) mass is 396 g/mol. The minimum absolute atomic E-state index is 0.0630. The summed E-state index contributed by atoms with van der Waals surface area (Å²) in [6.45, 7) is 3.60. The first-order chi connectivity index (χ1) is 13.3. The second kappa shape index (κ2) is 10.9. The number of morpholine rings is 1. The van der Waals surface area contributed by atoms with E-state index in [-0.39, 0.29) is 24.5 Å². The van der Waals surface area contributed by atoms with Gasteiger partial charge in [-0.05, 0) is 31.8 Å². The van der Waals surface area contributed by atoms with Gasteiger partial charge in [0.15, 0.2) is 0 Å². The van der Waals surface area contributed by atoms with Crippen LogP contribution in [0.5, 0.6) is 0 Å². The number of nitrogens with zero attached hydrogens (tertiary/aromatic N) is 3. The second-order valence-corrected chi connectivity index (χ2v) is 7.13. The molecule has 1 atom stereocenters. The Hall–Kier alpha value is -2.23. The first-order valence-corrected chi connectivity index (χ1v) is 9.31. The maximum atomic E-state index is 12.9. The lowest BCUT2D eigenvalue weighted by Crippen LogP contribution is -2.53. The van der Waals surface area contributed by atoms with E-state index in [1.165, 1.54) is 12.1 Å². The molecule has 0 aromatic heterocycles. The fraction of sp³-hybridized carbons (Fsp3) is 0.579. The Kier molecular flexibility index (Phi) is 8.62. The summed E-state index contributed by atoms with van der Waals surface area (Å²) in [5.74, 6) is -1.14. The minimum Gasteiger partial charge on any atom is -0.480 e. The Bertz CT molecular complexity index is 643. The number of carboxylic acids is 1. The average molecular weight is 396 g/mol. The van der Waals surface area contributed by atoms with Crippen molar-refractivity contribution < 1.29 is 23.8 Å². The smallest absolute Gasteiger partial charge is 0.317 e. The molecular formula is C19H29FN4O4. The molecule has 1 heterocycles. The van der Waals surface area contributed by atoms with Crippen molar-refractivity contribution in [1.29, 1.82) is 0 Å². The van der Waals surface area contributed by atoms with Crippen LogP contribution in [0.25, 0.3) is 0 Å². The van der Waals surface area contributed by atoms with Crippen molar-refractivity contribution in [1.82, 2.24) is 20.0 Å². The van der Waals surface area contributed by atoms with Gasteiger partial charge in [0.1, 0.15) is 5.82 Å². The van der Waals surface area contributed by atoms with Crippen LogP contribution in [0.4, 0.5) is 9.18 Å². The molecule has 0 saturated carbocycles. The summed E-state index contributed by atoms with van der Waals surface area (Å²) >= 11 is 0. The third-order valence-corrected chi connectivity index (χ3v) is 4.48. The van der Waals surface area contributed by atoms with Gasteiger partial charge in [-0.2, -0.15) is 0 Å². The van der Waals surface area contributed by atoms with Gasteiger partial charge in [-0.3, -0.25) is 9.69 Å². The number of nitrogens with one attached hydrogen (secondary N) is 1. The van der Waals surface area contributed by atoms with Gasteiger partial charge in [0, 0.05) is 39.3 Å².